The van der Waals surface area contributed by atoms with Gasteiger partial charge >= 0.3 is 17.9 Å². The van der Waals surface area contributed by atoms with Gasteiger partial charge in [-0.3, -0.25) is 14.4 Å². The molecule has 0 fully saturated rings. The highest BCUT2D eigenvalue weighted by Gasteiger charge is 2.19. The number of hydrogen-bond acceptors (Lipinski definition) is 6. The molecule has 0 radical (unpaired) electrons. The molecule has 62 heavy (non-hydrogen) atoms. The van der Waals surface area contributed by atoms with Crippen LogP contribution in [0.25, 0.3) is 0 Å². The molecule has 350 valence electrons. The molecule has 0 bridgehead atoms. The van der Waals surface area contributed by atoms with E-state index in [2.05, 4.69) is 130 Å². The lowest BCUT2D eigenvalue weighted by atomic mass is 10.1. The molecule has 0 aromatic carbocycles. The highest BCUT2D eigenvalue weighted by Crippen LogP contribution is 2.13. The standard InChI is InChI=1S/C56H90O6/c1-4-7-10-13-16-19-22-25-27-28-30-31-34-37-40-43-46-49-55(58)61-52-53(51-60-54(57)48-45-42-39-36-33-24-21-18-15-12-9-6-3)62-56(59)50-47-44-41-38-35-32-29-26-23-20-17-14-11-8-5-2/h8-9,11-12,14,17-18,20-21,23,25,27,30-31,33,36-37,40,53H,4-7,10,13,15-16,19,22,24,26,28-29,32,34-35,38-39,41-52H2,1-3H3/b11-8-,12-9-,17-14-,21-18-,23-20-,27-25-,31-30-,36-33-,40-37-. The second-order valence-electron chi connectivity index (χ2n) is 16.0. The van der Waals surface area contributed by atoms with Crippen LogP contribution in [-0.4, -0.2) is 37.2 Å². The highest BCUT2D eigenvalue weighted by molar-refractivity contribution is 5.71. The zero-order valence-electron chi connectivity index (χ0n) is 39.8. The largest absolute Gasteiger partial charge is 0.462 e. The Balaban J connectivity index is 4.53. The van der Waals surface area contributed by atoms with Crippen molar-refractivity contribution in [2.75, 3.05) is 13.2 Å². The summed E-state index contributed by atoms with van der Waals surface area (Å²) in [6.07, 6.45) is 66.5. The Morgan fingerprint density at radius 1 is 0.355 bits per heavy atom. The van der Waals surface area contributed by atoms with E-state index in [1.54, 1.807) is 0 Å². The van der Waals surface area contributed by atoms with Crippen molar-refractivity contribution in [3.05, 3.63) is 109 Å². The average Bonchev–Trinajstić information content (AvgIpc) is 3.27. The number of unbranched alkanes of at least 4 members (excludes halogenated alkanes) is 16. The molecule has 0 saturated heterocycles. The predicted molar refractivity (Wildman–Crippen MR) is 265 cm³/mol. The lowest BCUT2D eigenvalue weighted by molar-refractivity contribution is -0.167. The van der Waals surface area contributed by atoms with Gasteiger partial charge in [0.1, 0.15) is 13.2 Å². The smallest absolute Gasteiger partial charge is 0.306 e. The summed E-state index contributed by atoms with van der Waals surface area (Å²) in [5.41, 5.74) is 0. The van der Waals surface area contributed by atoms with Crippen molar-refractivity contribution in [3.8, 4) is 0 Å². The van der Waals surface area contributed by atoms with Gasteiger partial charge in [0, 0.05) is 19.3 Å². The fraction of sp³-hybridized carbons (Fsp3) is 0.625. The maximum absolute atomic E-state index is 12.8. The Hall–Kier alpha value is -3.93. The Labute approximate surface area is 380 Å². The van der Waals surface area contributed by atoms with Crippen molar-refractivity contribution in [3.63, 3.8) is 0 Å². The molecule has 0 aromatic heterocycles. The van der Waals surface area contributed by atoms with Gasteiger partial charge in [0.2, 0.25) is 0 Å². The first-order valence-corrected chi connectivity index (χ1v) is 24.9. The number of hydrogen-bond donors (Lipinski definition) is 0. The number of esters is 3. The summed E-state index contributed by atoms with van der Waals surface area (Å²) in [5, 5.41) is 0. The molecular weight excluding hydrogens is 769 g/mol. The van der Waals surface area contributed by atoms with Crippen LogP contribution in [0, 0.1) is 0 Å². The van der Waals surface area contributed by atoms with Crippen LogP contribution in [0.3, 0.4) is 0 Å². The number of allylic oxidation sites excluding steroid dienone is 18. The molecule has 0 aliphatic carbocycles. The van der Waals surface area contributed by atoms with Crippen molar-refractivity contribution in [2.45, 2.75) is 213 Å². The van der Waals surface area contributed by atoms with Crippen molar-refractivity contribution in [1.29, 1.82) is 0 Å². The van der Waals surface area contributed by atoms with Gasteiger partial charge in [-0.2, -0.15) is 0 Å². The summed E-state index contributed by atoms with van der Waals surface area (Å²) < 4.78 is 16.7. The Morgan fingerprint density at radius 3 is 1.26 bits per heavy atom. The fourth-order valence-electron chi connectivity index (χ4n) is 6.35. The van der Waals surface area contributed by atoms with E-state index in [1.807, 2.05) is 0 Å². The minimum absolute atomic E-state index is 0.121. The maximum atomic E-state index is 12.8. The third-order valence-electron chi connectivity index (χ3n) is 10.1. The van der Waals surface area contributed by atoms with Crippen molar-refractivity contribution in [2.24, 2.45) is 0 Å². The Morgan fingerprint density at radius 2 is 0.726 bits per heavy atom. The topological polar surface area (TPSA) is 78.9 Å². The summed E-state index contributed by atoms with van der Waals surface area (Å²) in [6, 6.07) is 0. The number of rotatable bonds is 43. The maximum Gasteiger partial charge on any atom is 0.306 e. The quantitative estimate of drug-likeness (QED) is 0.0200. The van der Waals surface area contributed by atoms with Crippen LogP contribution in [-0.2, 0) is 28.6 Å². The van der Waals surface area contributed by atoms with Gasteiger partial charge in [0.15, 0.2) is 6.10 Å². The summed E-state index contributed by atoms with van der Waals surface area (Å²) in [6.45, 7) is 6.27. The summed E-state index contributed by atoms with van der Waals surface area (Å²) in [5.74, 6) is -1.03. The molecule has 6 nitrogen and oxygen atoms in total. The Kier molecular flexibility index (Phi) is 46.6. The molecule has 1 unspecified atom stereocenters. The van der Waals surface area contributed by atoms with Crippen LogP contribution in [0.4, 0.5) is 0 Å². The first kappa shape index (κ1) is 58.1. The zero-order valence-corrected chi connectivity index (χ0v) is 39.8. The van der Waals surface area contributed by atoms with Gasteiger partial charge in [0.05, 0.1) is 0 Å². The minimum Gasteiger partial charge on any atom is -0.462 e. The molecule has 0 aliphatic heterocycles. The van der Waals surface area contributed by atoms with E-state index in [0.717, 1.165) is 89.9 Å². The number of carbonyl (C=O) groups is 3. The zero-order chi connectivity index (χ0) is 45.1. The molecule has 0 amide bonds. The fourth-order valence-corrected chi connectivity index (χ4v) is 6.35. The van der Waals surface area contributed by atoms with Gasteiger partial charge in [-0.05, 0) is 103 Å². The minimum atomic E-state index is -0.821. The lowest BCUT2D eigenvalue weighted by Crippen LogP contribution is -2.30. The first-order valence-electron chi connectivity index (χ1n) is 24.9. The van der Waals surface area contributed by atoms with Gasteiger partial charge in [-0.15, -0.1) is 0 Å². The summed E-state index contributed by atoms with van der Waals surface area (Å²) in [7, 11) is 0. The van der Waals surface area contributed by atoms with Crippen molar-refractivity contribution >= 4 is 17.9 Å². The summed E-state index contributed by atoms with van der Waals surface area (Å²) >= 11 is 0. The van der Waals surface area contributed by atoms with Crippen molar-refractivity contribution in [1.82, 2.24) is 0 Å². The van der Waals surface area contributed by atoms with Crippen LogP contribution >= 0.6 is 0 Å². The van der Waals surface area contributed by atoms with E-state index in [9.17, 15) is 14.4 Å². The molecule has 0 aromatic rings. The molecule has 0 N–H and O–H groups in total. The van der Waals surface area contributed by atoms with E-state index in [-0.39, 0.29) is 37.5 Å². The highest BCUT2D eigenvalue weighted by atomic mass is 16.6. The summed E-state index contributed by atoms with van der Waals surface area (Å²) in [4.78, 5) is 37.9. The third kappa shape index (κ3) is 47.1. The van der Waals surface area contributed by atoms with Gasteiger partial charge in [0.25, 0.3) is 0 Å². The molecule has 0 aliphatic rings. The molecule has 1 atom stereocenters. The van der Waals surface area contributed by atoms with E-state index < -0.39 is 6.10 Å². The SMILES string of the molecule is CC\C=C/C=C\C=C/CCCCCCCCCC(=O)OC(COC(=O)CCC/C=C\C/C=C\C/C=C\CCCCCCCC)COC(=O)CCCC/C=C\C/C=C\C/C=C\CC. The second kappa shape index (κ2) is 49.7. The number of ether oxygens (including phenoxy) is 3. The van der Waals surface area contributed by atoms with Crippen molar-refractivity contribution < 1.29 is 28.6 Å². The Bertz CT molecular complexity index is 1310. The van der Waals surface area contributed by atoms with E-state index in [4.69, 9.17) is 14.2 Å². The normalized spacial score (nSPS) is 13.0. The first-order chi connectivity index (χ1) is 30.5. The predicted octanol–water partition coefficient (Wildman–Crippen LogP) is 16.4. The molecule has 0 heterocycles. The van der Waals surface area contributed by atoms with E-state index >= 15 is 0 Å². The van der Waals surface area contributed by atoms with Crippen LogP contribution in [0.2, 0.25) is 0 Å². The van der Waals surface area contributed by atoms with Gasteiger partial charge in [-0.1, -0.05) is 194 Å². The van der Waals surface area contributed by atoms with E-state index in [0.29, 0.717) is 25.7 Å². The molecular formula is C56H90O6. The van der Waals surface area contributed by atoms with Crippen LogP contribution < -0.4 is 0 Å². The molecule has 0 saturated carbocycles. The third-order valence-corrected chi connectivity index (χ3v) is 10.1. The van der Waals surface area contributed by atoms with Crippen LogP contribution in [0.1, 0.15) is 207 Å². The van der Waals surface area contributed by atoms with Crippen LogP contribution in [0.5, 0.6) is 0 Å². The molecule has 0 rings (SSSR count). The molecule has 0 spiro atoms. The van der Waals surface area contributed by atoms with E-state index in [1.165, 1.54) is 64.2 Å². The lowest BCUT2D eigenvalue weighted by Gasteiger charge is -2.18. The van der Waals surface area contributed by atoms with Gasteiger partial charge < -0.3 is 14.2 Å². The van der Waals surface area contributed by atoms with Gasteiger partial charge in [-0.25, -0.2) is 0 Å². The second-order valence-corrected chi connectivity index (χ2v) is 16.0. The average molecular weight is 859 g/mol. The number of carbonyl (C=O) groups excluding carboxylic acids is 3. The monoisotopic (exact) mass is 859 g/mol. The molecule has 6 heteroatoms. The van der Waals surface area contributed by atoms with Crippen LogP contribution in [0.15, 0.2) is 109 Å².